The second kappa shape index (κ2) is 7.73. The molecule has 0 aliphatic carbocycles. The topological polar surface area (TPSA) is 82.5 Å². The quantitative estimate of drug-likeness (QED) is 0.802. The fraction of sp³-hybridized carbons (Fsp3) is 0.583. The van der Waals surface area contributed by atoms with E-state index >= 15 is 0 Å². The SMILES string of the molecule is CCCC(CC(=O)O)NC(=O)N(C)Cc1nccs1. The third-order valence-corrected chi connectivity index (χ3v) is 3.35. The van der Waals surface area contributed by atoms with Gasteiger partial charge in [0.05, 0.1) is 13.0 Å². The highest BCUT2D eigenvalue weighted by atomic mass is 32.1. The van der Waals surface area contributed by atoms with Crippen LogP contribution in [0.15, 0.2) is 11.6 Å². The average Bonchev–Trinajstić information content (AvgIpc) is 2.81. The second-order valence-corrected chi connectivity index (χ2v) is 5.29. The van der Waals surface area contributed by atoms with Crippen LogP contribution in [0.5, 0.6) is 0 Å². The number of hydrogen-bond donors (Lipinski definition) is 2. The molecule has 1 rings (SSSR count). The van der Waals surface area contributed by atoms with E-state index in [9.17, 15) is 9.59 Å². The number of thiazole rings is 1. The predicted molar refractivity (Wildman–Crippen MR) is 73.1 cm³/mol. The summed E-state index contributed by atoms with van der Waals surface area (Å²) in [6.45, 7) is 2.38. The molecule has 0 saturated heterocycles. The molecule has 7 heteroatoms. The van der Waals surface area contributed by atoms with Gasteiger partial charge in [-0.2, -0.15) is 0 Å². The lowest BCUT2D eigenvalue weighted by atomic mass is 10.1. The molecule has 1 aromatic rings. The second-order valence-electron chi connectivity index (χ2n) is 4.31. The highest BCUT2D eigenvalue weighted by Gasteiger charge is 2.18. The summed E-state index contributed by atoms with van der Waals surface area (Å²) in [5.41, 5.74) is 0. The van der Waals surface area contributed by atoms with Gasteiger partial charge in [0.1, 0.15) is 5.01 Å². The molecule has 1 heterocycles. The number of urea groups is 1. The van der Waals surface area contributed by atoms with Gasteiger partial charge in [0.15, 0.2) is 0 Å². The van der Waals surface area contributed by atoms with E-state index in [0.29, 0.717) is 13.0 Å². The van der Waals surface area contributed by atoms with Crippen LogP contribution in [0.4, 0.5) is 4.79 Å². The molecule has 6 nitrogen and oxygen atoms in total. The molecule has 106 valence electrons. The summed E-state index contributed by atoms with van der Waals surface area (Å²) in [6, 6.07) is -0.594. The fourth-order valence-electron chi connectivity index (χ4n) is 1.68. The monoisotopic (exact) mass is 285 g/mol. The Labute approximate surface area is 116 Å². The summed E-state index contributed by atoms with van der Waals surface area (Å²) in [4.78, 5) is 28.3. The number of amides is 2. The number of carbonyl (C=O) groups is 2. The molecule has 1 atom stereocenters. The zero-order chi connectivity index (χ0) is 14.3. The minimum absolute atomic E-state index is 0.0509. The van der Waals surface area contributed by atoms with Gasteiger partial charge in [-0.05, 0) is 6.42 Å². The van der Waals surface area contributed by atoms with Crippen molar-refractivity contribution in [1.29, 1.82) is 0 Å². The Morgan fingerprint density at radius 3 is 2.84 bits per heavy atom. The van der Waals surface area contributed by atoms with Crippen LogP contribution in [0, 0.1) is 0 Å². The minimum atomic E-state index is -0.902. The first-order chi connectivity index (χ1) is 9.02. The predicted octanol–water partition coefficient (Wildman–Crippen LogP) is 1.93. The van der Waals surface area contributed by atoms with Crippen molar-refractivity contribution in [2.75, 3.05) is 7.05 Å². The van der Waals surface area contributed by atoms with Gasteiger partial charge in [-0.3, -0.25) is 4.79 Å². The molecule has 0 spiro atoms. The molecule has 1 aromatic heterocycles. The fourth-order valence-corrected chi connectivity index (χ4v) is 2.34. The number of rotatable bonds is 7. The number of carboxylic acids is 1. The summed E-state index contributed by atoms with van der Waals surface area (Å²) < 4.78 is 0. The van der Waals surface area contributed by atoms with Crippen LogP contribution in [-0.2, 0) is 11.3 Å². The lowest BCUT2D eigenvalue weighted by Gasteiger charge is -2.21. The number of aliphatic carboxylic acids is 1. The van der Waals surface area contributed by atoms with Crippen molar-refractivity contribution >= 4 is 23.3 Å². The van der Waals surface area contributed by atoms with Crippen molar-refractivity contribution in [2.45, 2.75) is 38.8 Å². The van der Waals surface area contributed by atoms with Gasteiger partial charge in [0.2, 0.25) is 0 Å². The van der Waals surface area contributed by atoms with Crippen molar-refractivity contribution < 1.29 is 14.7 Å². The molecule has 0 aliphatic heterocycles. The van der Waals surface area contributed by atoms with E-state index in [1.54, 1.807) is 13.2 Å². The number of carbonyl (C=O) groups excluding carboxylic acids is 1. The zero-order valence-corrected chi connectivity index (χ0v) is 11.9. The molecule has 2 amide bonds. The maximum absolute atomic E-state index is 11.9. The molecule has 1 unspecified atom stereocenters. The normalized spacial score (nSPS) is 11.9. The Bertz CT molecular complexity index is 408. The van der Waals surface area contributed by atoms with Gasteiger partial charge in [-0.25, -0.2) is 9.78 Å². The average molecular weight is 285 g/mol. The van der Waals surface area contributed by atoms with E-state index in [1.165, 1.54) is 16.2 Å². The lowest BCUT2D eigenvalue weighted by molar-refractivity contribution is -0.137. The molecule has 0 bridgehead atoms. The standard InChI is InChI=1S/C12H19N3O3S/c1-3-4-9(7-11(16)17)14-12(18)15(2)8-10-13-5-6-19-10/h5-6,9H,3-4,7-8H2,1-2H3,(H,14,18)(H,16,17). The number of hydrogen-bond acceptors (Lipinski definition) is 4. The van der Waals surface area contributed by atoms with E-state index in [-0.39, 0.29) is 18.5 Å². The first-order valence-electron chi connectivity index (χ1n) is 6.14. The van der Waals surface area contributed by atoms with Crippen LogP contribution in [0.25, 0.3) is 0 Å². The van der Waals surface area contributed by atoms with Gasteiger partial charge in [0, 0.05) is 24.7 Å². The number of nitrogens with zero attached hydrogens (tertiary/aromatic N) is 2. The maximum atomic E-state index is 11.9. The molecule has 19 heavy (non-hydrogen) atoms. The van der Waals surface area contributed by atoms with E-state index < -0.39 is 5.97 Å². The van der Waals surface area contributed by atoms with E-state index in [2.05, 4.69) is 10.3 Å². The Morgan fingerprint density at radius 1 is 1.58 bits per heavy atom. The number of nitrogens with one attached hydrogen (secondary N) is 1. The third kappa shape index (κ3) is 5.69. The van der Waals surface area contributed by atoms with Crippen LogP contribution in [0.1, 0.15) is 31.2 Å². The molecule has 0 fully saturated rings. The molecular formula is C12H19N3O3S. The number of carboxylic acid groups (broad SMARTS) is 1. The van der Waals surface area contributed by atoms with Crippen molar-refractivity contribution in [3.05, 3.63) is 16.6 Å². The van der Waals surface area contributed by atoms with Crippen LogP contribution in [0.3, 0.4) is 0 Å². The largest absolute Gasteiger partial charge is 0.481 e. The van der Waals surface area contributed by atoms with Crippen LogP contribution < -0.4 is 5.32 Å². The zero-order valence-electron chi connectivity index (χ0n) is 11.1. The molecule has 0 saturated carbocycles. The summed E-state index contributed by atoms with van der Waals surface area (Å²) in [6.07, 6.45) is 3.12. The summed E-state index contributed by atoms with van der Waals surface area (Å²) in [5, 5.41) is 14.2. The van der Waals surface area contributed by atoms with Crippen LogP contribution >= 0.6 is 11.3 Å². The minimum Gasteiger partial charge on any atom is -0.481 e. The smallest absolute Gasteiger partial charge is 0.317 e. The molecule has 0 radical (unpaired) electrons. The highest BCUT2D eigenvalue weighted by molar-refractivity contribution is 7.09. The molecule has 0 aromatic carbocycles. The van der Waals surface area contributed by atoms with Gasteiger partial charge in [0.25, 0.3) is 0 Å². The number of aromatic nitrogens is 1. The highest BCUT2D eigenvalue weighted by Crippen LogP contribution is 2.08. The Kier molecular flexibility index (Phi) is 6.27. The van der Waals surface area contributed by atoms with Crippen molar-refractivity contribution in [3.63, 3.8) is 0 Å². The van der Waals surface area contributed by atoms with E-state index in [4.69, 9.17) is 5.11 Å². The van der Waals surface area contributed by atoms with E-state index in [0.717, 1.165) is 11.4 Å². The summed E-state index contributed by atoms with van der Waals surface area (Å²) in [5.74, 6) is -0.902. The van der Waals surface area contributed by atoms with Gasteiger partial charge < -0.3 is 15.3 Å². The summed E-state index contributed by atoms with van der Waals surface area (Å²) in [7, 11) is 1.67. The molecule has 2 N–H and O–H groups in total. The lowest BCUT2D eigenvalue weighted by Crippen LogP contribution is -2.43. The maximum Gasteiger partial charge on any atom is 0.317 e. The van der Waals surface area contributed by atoms with Crippen LogP contribution in [-0.4, -0.2) is 40.1 Å². The first-order valence-corrected chi connectivity index (χ1v) is 7.02. The van der Waals surface area contributed by atoms with Gasteiger partial charge in [-0.15, -0.1) is 11.3 Å². The molecule has 0 aliphatic rings. The van der Waals surface area contributed by atoms with Gasteiger partial charge >= 0.3 is 12.0 Å². The Hall–Kier alpha value is -1.63. The third-order valence-electron chi connectivity index (χ3n) is 2.59. The summed E-state index contributed by atoms with van der Waals surface area (Å²) >= 11 is 1.48. The Morgan fingerprint density at radius 2 is 2.32 bits per heavy atom. The van der Waals surface area contributed by atoms with Gasteiger partial charge in [-0.1, -0.05) is 13.3 Å². The first kappa shape index (κ1) is 15.4. The molecular weight excluding hydrogens is 266 g/mol. The van der Waals surface area contributed by atoms with E-state index in [1.807, 2.05) is 12.3 Å². The van der Waals surface area contributed by atoms with Crippen molar-refractivity contribution in [3.8, 4) is 0 Å². The Balaban J connectivity index is 2.48. The van der Waals surface area contributed by atoms with Crippen LogP contribution in [0.2, 0.25) is 0 Å². The van der Waals surface area contributed by atoms with Crippen molar-refractivity contribution in [1.82, 2.24) is 15.2 Å². The van der Waals surface area contributed by atoms with Crippen molar-refractivity contribution in [2.24, 2.45) is 0 Å².